The molecule has 10 heteroatoms. The molecule has 2 fully saturated rings. The molecule has 2 aliphatic rings. The van der Waals surface area contributed by atoms with Gasteiger partial charge in [0.15, 0.2) is 5.82 Å². The lowest BCUT2D eigenvalue weighted by atomic mass is 9.88. The fourth-order valence-electron chi connectivity index (χ4n) is 5.23. The minimum absolute atomic E-state index is 0.0572. The first kappa shape index (κ1) is 22.5. The molecule has 3 unspecified atom stereocenters. The molecule has 180 valence electrons. The average Bonchev–Trinajstić information content (AvgIpc) is 3.62. The summed E-state index contributed by atoms with van der Waals surface area (Å²) in [5.74, 6) is -2.58. The molecule has 3 aromatic rings. The van der Waals surface area contributed by atoms with Crippen LogP contribution < -0.4 is 5.32 Å². The van der Waals surface area contributed by atoms with Crippen LogP contribution in [0, 0.1) is 17.7 Å². The average molecular weight is 471 g/mol. The zero-order valence-electron chi connectivity index (χ0n) is 18.8. The van der Waals surface area contributed by atoms with Crippen molar-refractivity contribution in [1.82, 2.24) is 20.4 Å². The number of hydrogen-bond acceptors (Lipinski definition) is 6. The molecular weight excluding hydrogens is 443 g/mol. The highest BCUT2D eigenvalue weighted by molar-refractivity contribution is 5.95. The van der Waals surface area contributed by atoms with Crippen LogP contribution in [0.2, 0.25) is 0 Å². The van der Waals surface area contributed by atoms with Crippen molar-refractivity contribution in [2.45, 2.75) is 51.0 Å². The van der Waals surface area contributed by atoms with E-state index >= 15 is 4.39 Å². The Morgan fingerprint density at radius 1 is 1.29 bits per heavy atom. The summed E-state index contributed by atoms with van der Waals surface area (Å²) in [6, 6.07) is 2.89. The predicted octanol–water partition coefficient (Wildman–Crippen LogP) is 3.73. The summed E-state index contributed by atoms with van der Waals surface area (Å²) >= 11 is 0. The smallest absolute Gasteiger partial charge is 0.309 e. The van der Waals surface area contributed by atoms with E-state index in [2.05, 4.69) is 20.4 Å². The third-order valence-electron chi connectivity index (χ3n) is 7.11. The van der Waals surface area contributed by atoms with Crippen LogP contribution in [0.15, 0.2) is 22.9 Å². The van der Waals surface area contributed by atoms with E-state index in [4.69, 9.17) is 9.26 Å². The van der Waals surface area contributed by atoms with Crippen LogP contribution >= 0.6 is 0 Å². The number of carboxylic acid groups (broad SMARTS) is 1. The Labute approximate surface area is 195 Å². The standard InChI is InChI=1S/C24H27FN4O5/c1-2-17-16(11-34-29-17)23(30)28-20(12-5-3-4-6-12)22-26-18-8-7-13(19(25)21(18)27-22)14-9-33-10-15(14)24(31)32/h7-8,11-12,14-15,20H,2-6,9-10H2,1H3,(H,26,27)(H,28,30)(H,31,32). The molecule has 1 aromatic carbocycles. The molecule has 9 nitrogen and oxygen atoms in total. The molecule has 0 bridgehead atoms. The van der Waals surface area contributed by atoms with E-state index in [-0.39, 0.29) is 36.1 Å². The van der Waals surface area contributed by atoms with Crippen LogP contribution in [0.3, 0.4) is 0 Å². The molecule has 34 heavy (non-hydrogen) atoms. The molecule has 1 aliphatic heterocycles. The van der Waals surface area contributed by atoms with Gasteiger partial charge in [-0.25, -0.2) is 9.37 Å². The normalized spacial score (nSPS) is 21.8. The molecule has 5 rings (SSSR count). The first-order valence-electron chi connectivity index (χ1n) is 11.7. The summed E-state index contributed by atoms with van der Waals surface area (Å²) in [4.78, 5) is 32.4. The van der Waals surface area contributed by atoms with E-state index in [9.17, 15) is 14.7 Å². The third kappa shape index (κ3) is 3.96. The molecule has 0 radical (unpaired) electrons. The van der Waals surface area contributed by atoms with Crippen molar-refractivity contribution < 1.29 is 28.3 Å². The second-order valence-electron chi connectivity index (χ2n) is 9.10. The molecule has 0 spiro atoms. The van der Waals surface area contributed by atoms with Gasteiger partial charge in [0.2, 0.25) is 0 Å². The van der Waals surface area contributed by atoms with Crippen molar-refractivity contribution in [2.24, 2.45) is 11.8 Å². The number of carboxylic acids is 1. The minimum atomic E-state index is -1.01. The predicted molar refractivity (Wildman–Crippen MR) is 119 cm³/mol. The van der Waals surface area contributed by atoms with Gasteiger partial charge in [0.05, 0.1) is 36.4 Å². The number of carbonyl (C=O) groups is 2. The van der Waals surface area contributed by atoms with Crippen molar-refractivity contribution >= 4 is 22.9 Å². The number of carbonyl (C=O) groups excluding carboxylic acids is 1. The summed E-state index contributed by atoms with van der Waals surface area (Å²) < 4.78 is 25.9. The summed E-state index contributed by atoms with van der Waals surface area (Å²) in [5, 5.41) is 16.4. The zero-order valence-corrected chi connectivity index (χ0v) is 18.8. The number of nitrogens with one attached hydrogen (secondary N) is 2. The Bertz CT molecular complexity index is 1220. The fourth-order valence-corrected chi connectivity index (χ4v) is 5.23. The number of hydrogen-bond donors (Lipinski definition) is 3. The Morgan fingerprint density at radius 2 is 2.09 bits per heavy atom. The van der Waals surface area contributed by atoms with E-state index in [1.165, 1.54) is 6.26 Å². The van der Waals surface area contributed by atoms with Crippen LogP contribution in [0.1, 0.15) is 72.0 Å². The van der Waals surface area contributed by atoms with E-state index in [1.54, 1.807) is 12.1 Å². The zero-order chi connectivity index (χ0) is 23.8. The molecular formula is C24H27FN4O5. The van der Waals surface area contributed by atoms with Crippen LogP contribution in [0.4, 0.5) is 4.39 Å². The summed E-state index contributed by atoms with van der Waals surface area (Å²) in [7, 11) is 0. The van der Waals surface area contributed by atoms with Gasteiger partial charge in [0.25, 0.3) is 5.91 Å². The number of halogens is 1. The van der Waals surface area contributed by atoms with Gasteiger partial charge in [-0.05, 0) is 36.8 Å². The van der Waals surface area contributed by atoms with Gasteiger partial charge in [-0.2, -0.15) is 0 Å². The number of aromatic amines is 1. The summed E-state index contributed by atoms with van der Waals surface area (Å²) in [6.45, 7) is 2.10. The maximum absolute atomic E-state index is 15.6. The molecule has 2 aromatic heterocycles. The van der Waals surface area contributed by atoms with Crippen LogP contribution in [0.5, 0.6) is 0 Å². The van der Waals surface area contributed by atoms with E-state index < -0.39 is 29.7 Å². The first-order valence-corrected chi connectivity index (χ1v) is 11.7. The number of ether oxygens (including phenoxy) is 1. The van der Waals surface area contributed by atoms with Crippen molar-refractivity contribution in [1.29, 1.82) is 0 Å². The van der Waals surface area contributed by atoms with Gasteiger partial charge in [0.1, 0.15) is 23.2 Å². The summed E-state index contributed by atoms with van der Waals surface area (Å²) in [6.07, 6.45) is 5.88. The van der Waals surface area contributed by atoms with Crippen LogP contribution in [-0.2, 0) is 16.0 Å². The number of nitrogens with zero attached hydrogens (tertiary/aromatic N) is 2. The Hall–Kier alpha value is -3.27. The number of H-pyrrole nitrogens is 1. The number of rotatable bonds is 7. The van der Waals surface area contributed by atoms with E-state index in [0.29, 0.717) is 29.0 Å². The highest BCUT2D eigenvalue weighted by Crippen LogP contribution is 2.38. The molecule has 1 saturated carbocycles. The highest BCUT2D eigenvalue weighted by Gasteiger charge is 2.38. The second kappa shape index (κ2) is 9.17. The number of aliphatic carboxylic acids is 1. The number of aromatic nitrogens is 3. The maximum atomic E-state index is 15.6. The fraction of sp³-hybridized carbons (Fsp3) is 0.500. The number of fused-ring (bicyclic) bond motifs is 1. The number of aryl methyl sites for hydroxylation is 1. The van der Waals surface area contributed by atoms with Crippen molar-refractivity contribution in [3.05, 3.63) is 46.9 Å². The Kier molecular flexibility index (Phi) is 6.07. The van der Waals surface area contributed by atoms with Crippen molar-refractivity contribution in [3.8, 4) is 0 Å². The quantitative estimate of drug-likeness (QED) is 0.480. The lowest BCUT2D eigenvalue weighted by Crippen LogP contribution is -2.33. The lowest BCUT2D eigenvalue weighted by molar-refractivity contribution is -0.142. The molecule has 3 N–H and O–H groups in total. The van der Waals surface area contributed by atoms with E-state index in [0.717, 1.165) is 25.7 Å². The van der Waals surface area contributed by atoms with Gasteiger partial charge in [-0.3, -0.25) is 9.59 Å². The highest BCUT2D eigenvalue weighted by atomic mass is 19.1. The number of benzene rings is 1. The molecule has 1 amide bonds. The minimum Gasteiger partial charge on any atom is -0.481 e. The van der Waals surface area contributed by atoms with Gasteiger partial charge in [0, 0.05) is 5.92 Å². The number of amides is 1. The monoisotopic (exact) mass is 470 g/mol. The van der Waals surface area contributed by atoms with Crippen LogP contribution in [0.25, 0.3) is 11.0 Å². The Morgan fingerprint density at radius 3 is 2.82 bits per heavy atom. The molecule has 3 heterocycles. The van der Waals surface area contributed by atoms with E-state index in [1.807, 2.05) is 6.92 Å². The van der Waals surface area contributed by atoms with Crippen LogP contribution in [-0.4, -0.2) is 45.3 Å². The van der Waals surface area contributed by atoms with Gasteiger partial charge < -0.3 is 24.7 Å². The van der Waals surface area contributed by atoms with Gasteiger partial charge in [-0.1, -0.05) is 31.0 Å². The first-order chi connectivity index (χ1) is 16.5. The largest absolute Gasteiger partial charge is 0.481 e. The Balaban J connectivity index is 1.49. The summed E-state index contributed by atoms with van der Waals surface area (Å²) in [5.41, 5.74) is 1.89. The second-order valence-corrected chi connectivity index (χ2v) is 9.10. The SMILES string of the molecule is CCc1nocc1C(=O)NC(c1nc2c(F)c(C3COCC3C(=O)O)ccc2[nH]1)C1CCCC1. The van der Waals surface area contributed by atoms with Gasteiger partial charge in [-0.15, -0.1) is 0 Å². The number of imidazole rings is 1. The molecule has 1 aliphatic carbocycles. The molecule has 1 saturated heterocycles. The van der Waals surface area contributed by atoms with Crippen molar-refractivity contribution in [2.75, 3.05) is 13.2 Å². The topological polar surface area (TPSA) is 130 Å². The third-order valence-corrected chi connectivity index (χ3v) is 7.11. The van der Waals surface area contributed by atoms with Gasteiger partial charge >= 0.3 is 5.97 Å². The maximum Gasteiger partial charge on any atom is 0.309 e. The lowest BCUT2D eigenvalue weighted by Gasteiger charge is -2.22. The molecule has 3 atom stereocenters. The van der Waals surface area contributed by atoms with Crippen molar-refractivity contribution in [3.63, 3.8) is 0 Å².